The molecule has 1 unspecified atom stereocenters. The van der Waals surface area contributed by atoms with Gasteiger partial charge in [0.15, 0.2) is 15.7 Å². The molecule has 112 valence electrons. The van der Waals surface area contributed by atoms with Crippen molar-refractivity contribution < 1.29 is 8.42 Å². The summed E-state index contributed by atoms with van der Waals surface area (Å²) >= 11 is 0. The van der Waals surface area contributed by atoms with Crippen LogP contribution in [0.25, 0.3) is 0 Å². The molecule has 1 atom stereocenters. The summed E-state index contributed by atoms with van der Waals surface area (Å²) in [5.41, 5.74) is 0. The van der Waals surface area contributed by atoms with E-state index in [4.69, 9.17) is 0 Å². The lowest BCUT2D eigenvalue weighted by molar-refractivity contribution is 0.602. The molecule has 1 aliphatic rings. The molecule has 0 spiro atoms. The van der Waals surface area contributed by atoms with Crippen molar-refractivity contribution in [3.63, 3.8) is 0 Å². The maximum atomic E-state index is 11.4. The molecule has 0 aromatic carbocycles. The Morgan fingerprint density at radius 3 is 2.95 bits per heavy atom. The van der Waals surface area contributed by atoms with Gasteiger partial charge in [0.05, 0.1) is 17.7 Å². The summed E-state index contributed by atoms with van der Waals surface area (Å²) in [6.07, 6.45) is 5.53. The van der Waals surface area contributed by atoms with E-state index in [1.54, 1.807) is 0 Å². The van der Waals surface area contributed by atoms with Crippen LogP contribution in [0.4, 0.5) is 11.8 Å². The predicted molar refractivity (Wildman–Crippen MR) is 78.5 cm³/mol. The average Bonchev–Trinajstić information content (AvgIpc) is 2.74. The second kappa shape index (κ2) is 6.83. The van der Waals surface area contributed by atoms with Crippen LogP contribution in [0.15, 0.2) is 6.20 Å². The van der Waals surface area contributed by atoms with Gasteiger partial charge in [0.1, 0.15) is 0 Å². The molecule has 8 heteroatoms. The van der Waals surface area contributed by atoms with Crippen molar-refractivity contribution >= 4 is 21.6 Å². The van der Waals surface area contributed by atoms with Gasteiger partial charge in [0, 0.05) is 12.6 Å². The molecule has 1 aliphatic heterocycles. The monoisotopic (exact) mass is 299 g/mol. The van der Waals surface area contributed by atoms with Gasteiger partial charge in [-0.05, 0) is 12.8 Å². The van der Waals surface area contributed by atoms with Crippen molar-refractivity contribution in [3.05, 3.63) is 6.20 Å². The third-order valence-electron chi connectivity index (χ3n) is 3.21. The molecular formula is C12H21N5O2S. The van der Waals surface area contributed by atoms with Gasteiger partial charge in [-0.25, -0.2) is 8.42 Å². The van der Waals surface area contributed by atoms with Crippen LogP contribution in [0, 0.1) is 0 Å². The highest BCUT2D eigenvalue weighted by atomic mass is 32.2. The van der Waals surface area contributed by atoms with Crippen molar-refractivity contribution in [2.45, 2.75) is 38.6 Å². The SMILES string of the molecule is CCCCCNc1nncc(NC2CCS(=O)(=O)C2)n1. The summed E-state index contributed by atoms with van der Waals surface area (Å²) in [5.74, 6) is 1.45. The first-order valence-electron chi connectivity index (χ1n) is 6.99. The normalized spacial score (nSPS) is 20.8. The molecule has 0 radical (unpaired) electrons. The van der Waals surface area contributed by atoms with Crippen LogP contribution in [0.5, 0.6) is 0 Å². The lowest BCUT2D eigenvalue weighted by Crippen LogP contribution is -2.21. The molecule has 0 aliphatic carbocycles. The average molecular weight is 299 g/mol. The van der Waals surface area contributed by atoms with Gasteiger partial charge < -0.3 is 10.6 Å². The van der Waals surface area contributed by atoms with E-state index in [0.717, 1.165) is 19.4 Å². The summed E-state index contributed by atoms with van der Waals surface area (Å²) in [5, 5.41) is 14.0. The minimum absolute atomic E-state index is 0.0790. The third-order valence-corrected chi connectivity index (χ3v) is 4.97. The molecule has 1 aromatic heterocycles. The minimum Gasteiger partial charge on any atom is -0.365 e. The number of nitrogens with one attached hydrogen (secondary N) is 2. The van der Waals surface area contributed by atoms with Gasteiger partial charge >= 0.3 is 0 Å². The van der Waals surface area contributed by atoms with Gasteiger partial charge in [-0.15, -0.1) is 5.10 Å². The first-order valence-corrected chi connectivity index (χ1v) is 8.82. The molecule has 20 heavy (non-hydrogen) atoms. The van der Waals surface area contributed by atoms with Crippen molar-refractivity contribution in [2.24, 2.45) is 0 Å². The van der Waals surface area contributed by atoms with Gasteiger partial charge in [0.25, 0.3) is 0 Å². The fourth-order valence-electron chi connectivity index (χ4n) is 2.14. The predicted octanol–water partition coefficient (Wildman–Crippen LogP) is 1.07. The number of nitrogens with zero attached hydrogens (tertiary/aromatic N) is 3. The van der Waals surface area contributed by atoms with Crippen molar-refractivity contribution in [1.29, 1.82) is 0 Å². The Bertz CT molecular complexity index is 534. The molecule has 2 N–H and O–H groups in total. The number of unbranched alkanes of at least 4 members (excludes halogenated alkanes) is 2. The van der Waals surface area contributed by atoms with Crippen molar-refractivity contribution in [3.8, 4) is 0 Å². The highest BCUT2D eigenvalue weighted by molar-refractivity contribution is 7.91. The molecule has 0 amide bonds. The Labute approximate surface area is 119 Å². The van der Waals surface area contributed by atoms with E-state index < -0.39 is 9.84 Å². The van der Waals surface area contributed by atoms with Gasteiger partial charge in [-0.2, -0.15) is 10.1 Å². The summed E-state index contributed by atoms with van der Waals surface area (Å²) in [6.45, 7) is 2.97. The lowest BCUT2D eigenvalue weighted by atomic mass is 10.2. The van der Waals surface area contributed by atoms with Crippen molar-refractivity contribution in [2.75, 3.05) is 28.7 Å². The molecule has 2 heterocycles. The van der Waals surface area contributed by atoms with Gasteiger partial charge in [-0.1, -0.05) is 19.8 Å². The van der Waals surface area contributed by atoms with E-state index in [-0.39, 0.29) is 17.5 Å². The summed E-state index contributed by atoms with van der Waals surface area (Å²) < 4.78 is 22.8. The maximum absolute atomic E-state index is 11.4. The first-order chi connectivity index (χ1) is 9.59. The Balaban J connectivity index is 1.86. The summed E-state index contributed by atoms with van der Waals surface area (Å²) in [6, 6.07) is -0.0790. The van der Waals surface area contributed by atoms with Crippen LogP contribution in [0.3, 0.4) is 0 Å². The molecule has 7 nitrogen and oxygen atoms in total. The molecule has 1 fully saturated rings. The standard InChI is InChI=1S/C12H21N5O2S/c1-2-3-4-6-13-12-16-11(8-14-17-12)15-10-5-7-20(18,19)9-10/h8,10H,2-7,9H2,1H3,(H2,13,15,16,17). The summed E-state index contributed by atoms with van der Waals surface area (Å²) in [4.78, 5) is 4.29. The topological polar surface area (TPSA) is 96.9 Å². The second-order valence-corrected chi connectivity index (χ2v) is 7.27. The van der Waals surface area contributed by atoms with E-state index in [9.17, 15) is 8.42 Å². The quantitative estimate of drug-likeness (QED) is 0.727. The van der Waals surface area contributed by atoms with Crippen LogP contribution in [-0.2, 0) is 9.84 Å². The minimum atomic E-state index is -2.89. The molecule has 1 aromatic rings. The third kappa shape index (κ3) is 4.59. The fraction of sp³-hybridized carbons (Fsp3) is 0.750. The number of hydrogen-bond acceptors (Lipinski definition) is 7. The van der Waals surface area contributed by atoms with E-state index in [1.807, 2.05) is 0 Å². The number of rotatable bonds is 7. The lowest BCUT2D eigenvalue weighted by Gasteiger charge is -2.11. The first kappa shape index (κ1) is 15.0. The van der Waals surface area contributed by atoms with Gasteiger partial charge in [-0.3, -0.25) is 0 Å². The molecule has 1 saturated heterocycles. The van der Waals surface area contributed by atoms with E-state index in [2.05, 4.69) is 32.7 Å². The second-order valence-electron chi connectivity index (χ2n) is 5.04. The maximum Gasteiger partial charge on any atom is 0.244 e. The zero-order valence-corrected chi connectivity index (χ0v) is 12.5. The Morgan fingerprint density at radius 2 is 2.25 bits per heavy atom. The number of hydrogen-bond donors (Lipinski definition) is 2. The molecule has 0 saturated carbocycles. The zero-order chi connectivity index (χ0) is 14.4. The Morgan fingerprint density at radius 1 is 1.40 bits per heavy atom. The van der Waals surface area contributed by atoms with Crippen LogP contribution in [0.2, 0.25) is 0 Å². The zero-order valence-electron chi connectivity index (χ0n) is 11.7. The Hall–Kier alpha value is -1.44. The van der Waals surface area contributed by atoms with Crippen LogP contribution >= 0.6 is 0 Å². The van der Waals surface area contributed by atoms with Crippen LogP contribution in [-0.4, -0.2) is 47.7 Å². The molecular weight excluding hydrogens is 278 g/mol. The number of anilines is 2. The number of sulfone groups is 1. The van der Waals surface area contributed by atoms with E-state index in [0.29, 0.717) is 18.2 Å². The highest BCUT2D eigenvalue weighted by Gasteiger charge is 2.27. The Kier molecular flexibility index (Phi) is 5.11. The highest BCUT2D eigenvalue weighted by Crippen LogP contribution is 2.16. The molecule has 2 rings (SSSR count). The van der Waals surface area contributed by atoms with Crippen molar-refractivity contribution in [1.82, 2.24) is 15.2 Å². The van der Waals surface area contributed by atoms with Crippen LogP contribution in [0.1, 0.15) is 32.6 Å². The van der Waals surface area contributed by atoms with E-state index in [1.165, 1.54) is 12.6 Å². The number of aromatic nitrogens is 3. The fourth-order valence-corrected chi connectivity index (χ4v) is 3.81. The van der Waals surface area contributed by atoms with Crippen LogP contribution < -0.4 is 10.6 Å². The van der Waals surface area contributed by atoms with E-state index >= 15 is 0 Å². The smallest absolute Gasteiger partial charge is 0.244 e. The largest absolute Gasteiger partial charge is 0.365 e. The summed E-state index contributed by atoms with van der Waals surface area (Å²) in [7, 11) is -2.89. The molecule has 0 bridgehead atoms. The van der Waals surface area contributed by atoms with Gasteiger partial charge in [0.2, 0.25) is 5.95 Å².